The molecule has 4 rings (SSSR count). The van der Waals surface area contributed by atoms with Crippen LogP contribution in [0.3, 0.4) is 0 Å². The van der Waals surface area contributed by atoms with Gasteiger partial charge in [-0.2, -0.15) is 13.6 Å². The van der Waals surface area contributed by atoms with Crippen molar-refractivity contribution in [2.24, 2.45) is 0 Å². The van der Waals surface area contributed by atoms with Crippen LogP contribution in [0.1, 0.15) is 23.8 Å². The van der Waals surface area contributed by atoms with Crippen molar-refractivity contribution in [3.05, 3.63) is 58.0 Å². The summed E-state index contributed by atoms with van der Waals surface area (Å²) in [6.45, 7) is -0.864. The van der Waals surface area contributed by atoms with Crippen molar-refractivity contribution in [3.63, 3.8) is 0 Å². The Labute approximate surface area is 218 Å². The normalized spacial score (nSPS) is 22.6. The van der Waals surface area contributed by atoms with E-state index < -0.39 is 54.1 Å². The number of nitrogens with two attached hydrogens (primary N) is 1. The third kappa shape index (κ3) is 7.50. The Bertz CT molecular complexity index is 1640. The topological polar surface area (TPSA) is 266 Å². The average Bonchev–Trinajstić information content (AvgIpc) is 3.34. The maximum atomic E-state index is 12.7. The van der Waals surface area contributed by atoms with Crippen molar-refractivity contribution in [2.45, 2.75) is 24.9 Å². The van der Waals surface area contributed by atoms with Gasteiger partial charge in [0, 0.05) is 18.2 Å². The number of fused-ring (bicyclic) bond motifs is 1. The van der Waals surface area contributed by atoms with Gasteiger partial charge in [-0.3, -0.25) is 14.3 Å². The molecule has 5 atom stereocenters. The molecule has 20 heteroatoms. The number of nitrogens with zero attached hydrogens (tertiary/aromatic N) is 2. The SMILES string of the molecule is Nc1nc2c(c(C#Cc3ccccc3)cn2[C@H]2C[C@H](O)[C@@H](COP(=O)(O)OP(=O)(O)OP(=O)(O)O)O2)c(=O)[nH]1. The van der Waals surface area contributed by atoms with Crippen molar-refractivity contribution in [2.75, 3.05) is 12.3 Å². The molecule has 1 aromatic carbocycles. The van der Waals surface area contributed by atoms with E-state index in [9.17, 15) is 33.4 Å². The molecule has 210 valence electrons. The van der Waals surface area contributed by atoms with Crippen LogP contribution in [0.4, 0.5) is 5.95 Å². The summed E-state index contributed by atoms with van der Waals surface area (Å²) in [5.41, 5.74) is 6.17. The van der Waals surface area contributed by atoms with E-state index in [0.717, 1.165) is 0 Å². The van der Waals surface area contributed by atoms with Gasteiger partial charge < -0.3 is 39.7 Å². The smallest absolute Gasteiger partial charge is 0.390 e. The molecular weight excluding hydrogens is 585 g/mol. The van der Waals surface area contributed by atoms with Crippen LogP contribution in [0.25, 0.3) is 11.0 Å². The lowest BCUT2D eigenvalue weighted by Crippen LogP contribution is -2.26. The number of hydrogen-bond acceptors (Lipinski definition) is 11. The first-order valence-electron chi connectivity index (χ1n) is 10.7. The number of anilines is 1. The molecule has 39 heavy (non-hydrogen) atoms. The number of aromatic amines is 1. The van der Waals surface area contributed by atoms with E-state index in [1.165, 1.54) is 10.8 Å². The number of benzene rings is 1. The number of ether oxygens (including phenoxy) is 1. The highest BCUT2D eigenvalue weighted by Gasteiger charge is 2.43. The lowest BCUT2D eigenvalue weighted by atomic mass is 10.2. The van der Waals surface area contributed by atoms with E-state index in [1.54, 1.807) is 24.3 Å². The first-order chi connectivity index (χ1) is 18.1. The molecule has 0 aliphatic carbocycles. The summed E-state index contributed by atoms with van der Waals surface area (Å²) >= 11 is 0. The van der Waals surface area contributed by atoms with E-state index in [4.69, 9.17) is 20.3 Å². The predicted molar refractivity (Wildman–Crippen MR) is 132 cm³/mol. The van der Waals surface area contributed by atoms with Gasteiger partial charge in [-0.05, 0) is 12.1 Å². The number of aliphatic hydroxyl groups is 1. The van der Waals surface area contributed by atoms with Crippen LogP contribution in [0, 0.1) is 11.8 Å². The second-order valence-electron chi connectivity index (χ2n) is 8.03. The lowest BCUT2D eigenvalue weighted by molar-refractivity contribution is -0.0421. The van der Waals surface area contributed by atoms with Crippen molar-refractivity contribution < 1.29 is 56.3 Å². The minimum Gasteiger partial charge on any atom is -0.390 e. The zero-order chi connectivity index (χ0) is 28.6. The Morgan fingerprint density at radius 3 is 2.46 bits per heavy atom. The molecule has 0 radical (unpaired) electrons. The molecule has 2 unspecified atom stereocenters. The molecule has 0 bridgehead atoms. The molecule has 1 saturated heterocycles. The van der Waals surface area contributed by atoms with Gasteiger partial charge in [0.1, 0.15) is 12.3 Å². The minimum absolute atomic E-state index is 0.0827. The number of rotatable bonds is 8. The molecule has 1 fully saturated rings. The van der Waals surface area contributed by atoms with Crippen LogP contribution in [0.5, 0.6) is 0 Å². The first kappa shape index (κ1) is 29.3. The fourth-order valence-corrected chi connectivity index (χ4v) is 6.68. The number of phosphoric ester groups is 1. The van der Waals surface area contributed by atoms with Crippen LogP contribution in [0.2, 0.25) is 0 Å². The molecule has 0 spiro atoms. The van der Waals surface area contributed by atoms with E-state index >= 15 is 0 Å². The van der Waals surface area contributed by atoms with Crippen molar-refractivity contribution in [1.29, 1.82) is 0 Å². The fraction of sp³-hybridized carbons (Fsp3) is 0.263. The summed E-state index contributed by atoms with van der Waals surface area (Å²) < 4.78 is 53.2. The standard InChI is InChI=1S/C19H21N4O13P3/c20-19-21-17-16(18(25)22-19)12(7-6-11-4-2-1-3-5-11)9-23(17)15-8-13(24)14(34-15)10-33-38(29,30)36-39(31,32)35-37(26,27)28/h1-5,9,13-15,24H,8,10H2,(H,29,30)(H,31,32)(H2,26,27,28)(H3,20,21,22,25)/t13-,14+,15+/m0/s1. The van der Waals surface area contributed by atoms with Gasteiger partial charge in [0.05, 0.1) is 23.7 Å². The van der Waals surface area contributed by atoms with Crippen molar-refractivity contribution >= 4 is 40.4 Å². The quantitative estimate of drug-likeness (QED) is 0.137. The number of nitrogens with one attached hydrogen (secondary N) is 1. The number of nitrogen functional groups attached to an aromatic ring is 1. The number of aromatic nitrogens is 3. The molecule has 17 nitrogen and oxygen atoms in total. The van der Waals surface area contributed by atoms with Crippen molar-refractivity contribution in [3.8, 4) is 11.8 Å². The number of hydrogen-bond donors (Lipinski definition) is 7. The summed E-state index contributed by atoms with van der Waals surface area (Å²) in [6, 6.07) is 8.94. The number of H-pyrrole nitrogens is 1. The Balaban J connectivity index is 1.54. The predicted octanol–water partition coefficient (Wildman–Crippen LogP) is 0.698. The summed E-state index contributed by atoms with van der Waals surface area (Å²) in [4.78, 5) is 55.3. The van der Waals surface area contributed by atoms with Crippen LogP contribution in [-0.4, -0.2) is 58.0 Å². The van der Waals surface area contributed by atoms with E-state index in [1.807, 2.05) is 6.07 Å². The van der Waals surface area contributed by atoms with Gasteiger partial charge in [0.2, 0.25) is 5.95 Å². The number of phosphoric acid groups is 3. The average molecular weight is 606 g/mol. The second-order valence-corrected chi connectivity index (χ2v) is 12.5. The number of aliphatic hydroxyl groups excluding tert-OH is 1. The summed E-state index contributed by atoms with van der Waals surface area (Å²) in [6.07, 6.45) is -2.25. The highest BCUT2D eigenvalue weighted by molar-refractivity contribution is 7.66. The largest absolute Gasteiger partial charge is 0.490 e. The van der Waals surface area contributed by atoms with Gasteiger partial charge >= 0.3 is 23.5 Å². The zero-order valence-corrected chi connectivity index (χ0v) is 22.1. The zero-order valence-electron chi connectivity index (χ0n) is 19.4. The Hall–Kier alpha value is -2.67. The fourth-order valence-electron chi connectivity index (χ4n) is 3.65. The third-order valence-electron chi connectivity index (χ3n) is 5.15. The summed E-state index contributed by atoms with van der Waals surface area (Å²) in [7, 11) is -16.7. The molecule has 3 aromatic rings. The summed E-state index contributed by atoms with van der Waals surface area (Å²) in [5, 5.41) is 10.5. The lowest BCUT2D eigenvalue weighted by Gasteiger charge is -2.19. The molecule has 1 aliphatic rings. The Morgan fingerprint density at radius 1 is 1.10 bits per heavy atom. The van der Waals surface area contributed by atoms with Gasteiger partial charge in [-0.1, -0.05) is 30.0 Å². The maximum absolute atomic E-state index is 12.7. The molecule has 0 amide bonds. The van der Waals surface area contributed by atoms with Crippen molar-refractivity contribution in [1.82, 2.24) is 14.5 Å². The molecule has 2 aromatic heterocycles. The van der Waals surface area contributed by atoms with Gasteiger partial charge in [0.15, 0.2) is 5.65 Å². The molecule has 1 aliphatic heterocycles. The molecule has 3 heterocycles. The second kappa shape index (κ2) is 11.1. The van der Waals surface area contributed by atoms with E-state index in [-0.39, 0.29) is 29.0 Å². The third-order valence-corrected chi connectivity index (χ3v) is 8.95. The summed E-state index contributed by atoms with van der Waals surface area (Å²) in [5.74, 6) is 5.62. The monoisotopic (exact) mass is 606 g/mol. The van der Waals surface area contributed by atoms with E-state index in [0.29, 0.717) is 5.56 Å². The van der Waals surface area contributed by atoms with E-state index in [2.05, 4.69) is 35.0 Å². The van der Waals surface area contributed by atoms with Crippen LogP contribution in [-0.2, 0) is 31.6 Å². The Morgan fingerprint density at radius 2 is 1.79 bits per heavy atom. The molecule has 0 saturated carbocycles. The maximum Gasteiger partial charge on any atom is 0.490 e. The molecule has 8 N–H and O–H groups in total. The van der Waals surface area contributed by atoms with Gasteiger partial charge in [0.25, 0.3) is 5.56 Å². The van der Waals surface area contributed by atoms with Crippen LogP contribution in [0.15, 0.2) is 41.3 Å². The van der Waals surface area contributed by atoms with Gasteiger partial charge in [-0.25, -0.2) is 13.7 Å². The first-order valence-corrected chi connectivity index (χ1v) is 15.2. The van der Waals surface area contributed by atoms with Gasteiger partial charge in [-0.15, -0.1) is 0 Å². The molecular formula is C19H21N4O13P3. The minimum atomic E-state index is -5.71. The highest BCUT2D eigenvalue weighted by atomic mass is 31.3. The van der Waals surface area contributed by atoms with Crippen LogP contribution >= 0.6 is 23.5 Å². The van der Waals surface area contributed by atoms with Crippen LogP contribution < -0.4 is 11.3 Å². The Kier molecular flexibility index (Phi) is 8.32. The highest BCUT2D eigenvalue weighted by Crippen LogP contribution is 2.66.